The molecule has 0 amide bonds. The fourth-order valence-corrected chi connectivity index (χ4v) is 3.25. The summed E-state index contributed by atoms with van der Waals surface area (Å²) in [6, 6.07) is 22.5. The molecule has 128 valence electrons. The van der Waals surface area contributed by atoms with E-state index in [2.05, 4.69) is 36.2 Å². The summed E-state index contributed by atoms with van der Waals surface area (Å²) in [7, 11) is 1.37. The van der Waals surface area contributed by atoms with Crippen LogP contribution in [0.1, 0.15) is 5.56 Å². The van der Waals surface area contributed by atoms with Crippen molar-refractivity contribution in [2.24, 2.45) is 0 Å². The molecule has 4 nitrogen and oxygen atoms in total. The highest BCUT2D eigenvalue weighted by Crippen LogP contribution is 2.36. The maximum absolute atomic E-state index is 12.1. The number of hydrogen-bond donors (Lipinski definition) is 0. The molecule has 3 aromatic carbocycles. The van der Waals surface area contributed by atoms with Crippen LogP contribution in [0.2, 0.25) is 0 Å². The van der Waals surface area contributed by atoms with Crippen molar-refractivity contribution in [2.75, 3.05) is 7.11 Å². The molecule has 1 aromatic heterocycles. The average molecular weight is 342 g/mol. The summed E-state index contributed by atoms with van der Waals surface area (Å²) in [4.78, 5) is 16.5. The van der Waals surface area contributed by atoms with Crippen LogP contribution in [0.15, 0.2) is 73.1 Å². The normalized spacial score (nSPS) is 10.8. The molecule has 0 aliphatic carbocycles. The van der Waals surface area contributed by atoms with E-state index in [1.807, 2.05) is 42.5 Å². The molecule has 0 N–H and O–H groups in total. The third kappa shape index (κ3) is 2.65. The van der Waals surface area contributed by atoms with Crippen molar-refractivity contribution in [3.63, 3.8) is 0 Å². The van der Waals surface area contributed by atoms with Gasteiger partial charge in [-0.3, -0.25) is 0 Å². The summed E-state index contributed by atoms with van der Waals surface area (Å²) in [5, 5.41) is 0. The van der Waals surface area contributed by atoms with E-state index in [-0.39, 0.29) is 0 Å². The number of aromatic nitrogens is 2. The summed E-state index contributed by atoms with van der Waals surface area (Å²) in [6.45, 7) is 2.09. The zero-order valence-corrected chi connectivity index (χ0v) is 14.6. The molecule has 0 atom stereocenters. The van der Waals surface area contributed by atoms with E-state index >= 15 is 0 Å². The van der Waals surface area contributed by atoms with E-state index in [1.165, 1.54) is 23.6 Å². The van der Waals surface area contributed by atoms with E-state index in [0.29, 0.717) is 0 Å². The van der Waals surface area contributed by atoms with Gasteiger partial charge in [-0.05, 0) is 46.9 Å². The summed E-state index contributed by atoms with van der Waals surface area (Å²) in [5.74, 6) is 0. The maximum atomic E-state index is 12.1. The molecule has 0 saturated carbocycles. The fourth-order valence-electron chi connectivity index (χ4n) is 3.25. The Bertz CT molecular complexity index is 1100. The third-order valence-electron chi connectivity index (χ3n) is 4.58. The van der Waals surface area contributed by atoms with Gasteiger partial charge in [-0.25, -0.2) is 14.3 Å². The smallest absolute Gasteiger partial charge is 0.419 e. The Kier molecular flexibility index (Phi) is 4.01. The molecule has 0 aliphatic heterocycles. The van der Waals surface area contributed by atoms with Crippen molar-refractivity contribution < 1.29 is 9.53 Å². The van der Waals surface area contributed by atoms with Crippen LogP contribution >= 0.6 is 0 Å². The number of rotatable bonds is 2. The minimum Gasteiger partial charge on any atom is -0.452 e. The van der Waals surface area contributed by atoms with Crippen LogP contribution in [-0.2, 0) is 4.74 Å². The number of aryl methyl sites for hydroxylation is 1. The van der Waals surface area contributed by atoms with Crippen molar-refractivity contribution in [3.05, 3.63) is 78.6 Å². The van der Waals surface area contributed by atoms with Crippen LogP contribution in [0.3, 0.4) is 0 Å². The van der Waals surface area contributed by atoms with Gasteiger partial charge in [0.15, 0.2) is 0 Å². The highest BCUT2D eigenvalue weighted by molar-refractivity contribution is 5.97. The molecule has 0 saturated heterocycles. The minimum atomic E-state index is -0.448. The van der Waals surface area contributed by atoms with Crippen molar-refractivity contribution in [1.29, 1.82) is 0 Å². The number of ether oxygens (including phenoxy) is 1. The van der Waals surface area contributed by atoms with Crippen molar-refractivity contribution in [1.82, 2.24) is 9.55 Å². The molecule has 0 fully saturated rings. The lowest BCUT2D eigenvalue weighted by Crippen LogP contribution is -2.09. The molecular weight excluding hydrogens is 324 g/mol. The summed E-state index contributed by atoms with van der Waals surface area (Å²) in [6.07, 6.45) is 1.06. The Morgan fingerprint density at radius 1 is 0.923 bits per heavy atom. The topological polar surface area (TPSA) is 44.1 Å². The first kappa shape index (κ1) is 16.1. The van der Waals surface area contributed by atoms with Crippen LogP contribution in [0, 0.1) is 6.92 Å². The Morgan fingerprint density at radius 2 is 1.65 bits per heavy atom. The van der Waals surface area contributed by atoms with Crippen LogP contribution in [0.4, 0.5) is 4.79 Å². The van der Waals surface area contributed by atoms with Crippen LogP contribution in [-0.4, -0.2) is 22.8 Å². The van der Waals surface area contributed by atoms with Gasteiger partial charge in [-0.1, -0.05) is 54.6 Å². The second kappa shape index (κ2) is 6.48. The second-order valence-corrected chi connectivity index (χ2v) is 6.15. The lowest BCUT2D eigenvalue weighted by Gasteiger charge is -2.13. The molecule has 1 heterocycles. The summed E-state index contributed by atoms with van der Waals surface area (Å²) in [5.41, 5.74) is 7.05. The van der Waals surface area contributed by atoms with E-state index in [9.17, 15) is 4.79 Å². The molecule has 0 unspecified atom stereocenters. The van der Waals surface area contributed by atoms with Gasteiger partial charge in [0, 0.05) is 0 Å². The Labute approximate surface area is 151 Å². The van der Waals surface area contributed by atoms with Gasteiger partial charge in [0.05, 0.1) is 18.1 Å². The minimum absolute atomic E-state index is 0.448. The average Bonchev–Trinajstić information content (AvgIpc) is 3.10. The predicted octanol–water partition coefficient (Wildman–Crippen LogP) is 5.29. The number of hydrogen-bond acceptors (Lipinski definition) is 3. The highest BCUT2D eigenvalue weighted by atomic mass is 16.5. The third-order valence-corrected chi connectivity index (χ3v) is 4.58. The van der Waals surface area contributed by atoms with E-state index in [0.717, 1.165) is 33.3 Å². The molecule has 4 rings (SSSR count). The molecule has 0 bridgehead atoms. The van der Waals surface area contributed by atoms with Gasteiger partial charge in [0.1, 0.15) is 6.33 Å². The number of carbonyl (C=O) groups excluding carboxylic acids is 1. The van der Waals surface area contributed by atoms with E-state index in [4.69, 9.17) is 4.74 Å². The molecule has 4 aromatic rings. The van der Waals surface area contributed by atoms with Gasteiger partial charge in [-0.15, -0.1) is 0 Å². The van der Waals surface area contributed by atoms with E-state index in [1.54, 1.807) is 0 Å². The van der Waals surface area contributed by atoms with Crippen LogP contribution in [0.25, 0.3) is 33.3 Å². The number of carbonyl (C=O) groups is 1. The Morgan fingerprint density at radius 3 is 2.38 bits per heavy atom. The van der Waals surface area contributed by atoms with Crippen LogP contribution < -0.4 is 0 Å². The summed E-state index contributed by atoms with van der Waals surface area (Å²) < 4.78 is 6.31. The SMILES string of the molecule is COC(=O)n1cnc2cc(-c3ccccc3)c(-c3ccccc3C)cc21. The quantitative estimate of drug-likeness (QED) is 0.497. The number of imidazole rings is 1. The molecule has 4 heteroatoms. The van der Waals surface area contributed by atoms with Crippen LogP contribution in [0.5, 0.6) is 0 Å². The molecule has 26 heavy (non-hydrogen) atoms. The molecule has 0 radical (unpaired) electrons. The lowest BCUT2D eigenvalue weighted by atomic mass is 9.91. The number of methoxy groups -OCH3 is 1. The van der Waals surface area contributed by atoms with Crippen molar-refractivity contribution >= 4 is 17.1 Å². The van der Waals surface area contributed by atoms with Gasteiger partial charge >= 0.3 is 6.09 Å². The number of fused-ring (bicyclic) bond motifs is 1. The second-order valence-electron chi connectivity index (χ2n) is 6.15. The van der Waals surface area contributed by atoms with Gasteiger partial charge < -0.3 is 4.74 Å². The first-order valence-electron chi connectivity index (χ1n) is 8.40. The Balaban J connectivity index is 2.05. The molecule has 0 aliphatic rings. The largest absolute Gasteiger partial charge is 0.452 e. The first-order chi connectivity index (χ1) is 12.7. The first-order valence-corrected chi connectivity index (χ1v) is 8.40. The highest BCUT2D eigenvalue weighted by Gasteiger charge is 2.16. The van der Waals surface area contributed by atoms with E-state index < -0.39 is 6.09 Å². The summed E-state index contributed by atoms with van der Waals surface area (Å²) >= 11 is 0. The standard InChI is InChI=1S/C22H18N2O2/c1-15-8-6-7-11-17(15)19-13-21-20(23-14-24(21)22(25)26-2)12-18(19)16-9-4-3-5-10-16/h3-14H,1-2H3. The van der Waals surface area contributed by atoms with Crippen molar-refractivity contribution in [3.8, 4) is 22.3 Å². The monoisotopic (exact) mass is 342 g/mol. The zero-order chi connectivity index (χ0) is 18.1. The number of benzene rings is 3. The van der Waals surface area contributed by atoms with Gasteiger partial charge in [-0.2, -0.15) is 0 Å². The zero-order valence-electron chi connectivity index (χ0n) is 14.6. The fraction of sp³-hybridized carbons (Fsp3) is 0.0909. The maximum Gasteiger partial charge on any atom is 0.419 e. The predicted molar refractivity (Wildman–Crippen MR) is 103 cm³/mol. The Hall–Kier alpha value is -3.40. The molecule has 0 spiro atoms. The lowest BCUT2D eigenvalue weighted by molar-refractivity contribution is 0.174. The van der Waals surface area contributed by atoms with Gasteiger partial charge in [0.25, 0.3) is 0 Å². The van der Waals surface area contributed by atoms with Gasteiger partial charge in [0.2, 0.25) is 0 Å². The van der Waals surface area contributed by atoms with Crippen molar-refractivity contribution in [2.45, 2.75) is 6.92 Å². The molecular formula is C22H18N2O2. The number of nitrogens with zero attached hydrogens (tertiary/aromatic N) is 2.